The number of aliphatic carboxylic acids is 1. The number of likely N-dealkylation sites (N-methyl/N-ethyl adjacent to an activating group) is 1. The molecule has 0 saturated carbocycles. The Morgan fingerprint density at radius 3 is 2.26 bits per heavy atom. The molecule has 5 amide bonds. The molecule has 25 heteroatoms. The van der Waals surface area contributed by atoms with E-state index in [1.807, 2.05) is 0 Å². The van der Waals surface area contributed by atoms with E-state index in [-0.39, 0.29) is 120 Å². The highest BCUT2D eigenvalue weighted by molar-refractivity contribution is 5.96. The van der Waals surface area contributed by atoms with E-state index in [4.69, 9.17) is 28.7 Å². The van der Waals surface area contributed by atoms with E-state index in [9.17, 15) is 48.3 Å². The number of benzene rings is 1. The van der Waals surface area contributed by atoms with Gasteiger partial charge in [0.2, 0.25) is 29.5 Å². The number of nitrogens with zero attached hydrogens (tertiary/aromatic N) is 4. The summed E-state index contributed by atoms with van der Waals surface area (Å²) in [6.07, 6.45) is 1.92. The summed E-state index contributed by atoms with van der Waals surface area (Å²) < 4.78 is 45.1. The van der Waals surface area contributed by atoms with E-state index < -0.39 is 83.8 Å². The van der Waals surface area contributed by atoms with Gasteiger partial charge in [0.05, 0.1) is 75.1 Å². The first-order valence-electron chi connectivity index (χ1n) is 28.3. The molecule has 1 aromatic carbocycles. The number of ether oxygens (including phenoxy) is 5. The summed E-state index contributed by atoms with van der Waals surface area (Å²) in [5.41, 5.74) is 2.77. The van der Waals surface area contributed by atoms with Crippen molar-refractivity contribution in [3.05, 3.63) is 61.7 Å². The molecule has 2 aromatic heterocycles. The predicted octanol–water partition coefficient (Wildman–Crippen LogP) is 1.78. The average Bonchev–Trinajstić information content (AvgIpc) is 2.82. The van der Waals surface area contributed by atoms with Crippen LogP contribution in [-0.2, 0) is 87.2 Å². The second kappa shape index (κ2) is 28.4. The van der Waals surface area contributed by atoms with Crippen molar-refractivity contribution in [2.75, 3.05) is 86.5 Å². The maximum absolute atomic E-state index is 15.6. The van der Waals surface area contributed by atoms with Crippen LogP contribution in [-0.4, -0.2) is 177 Å². The molecule has 0 spiro atoms. The molecule has 5 heterocycles. The average molecular weight is 1150 g/mol. The monoisotopic (exact) mass is 1150 g/mol. The Hall–Kier alpha value is -6.93. The number of esters is 2. The highest BCUT2D eigenvalue weighted by atomic mass is 19.1. The number of carbonyl (C=O) groups excluding carboxylic acids is 7. The molecule has 7 rings (SSSR count). The normalized spacial score (nSPS) is 18.6. The quantitative estimate of drug-likeness (QED) is 0.0320. The van der Waals surface area contributed by atoms with Gasteiger partial charge in [-0.15, -0.1) is 0 Å². The van der Waals surface area contributed by atoms with Crippen molar-refractivity contribution in [1.82, 2.24) is 45.9 Å². The first-order valence-corrected chi connectivity index (χ1v) is 28.3. The number of carboxylic acid groups (broad SMARTS) is 1. The summed E-state index contributed by atoms with van der Waals surface area (Å²) >= 11 is 0. The summed E-state index contributed by atoms with van der Waals surface area (Å²) in [4.78, 5) is 128. The molecule has 0 unspecified atom stereocenters. The number of aryl methyl sites for hydroxylation is 1. The lowest BCUT2D eigenvalue weighted by Gasteiger charge is -2.36. The Morgan fingerprint density at radius 2 is 1.59 bits per heavy atom. The maximum Gasteiger partial charge on any atom is 0.334 e. The van der Waals surface area contributed by atoms with Gasteiger partial charge >= 0.3 is 17.9 Å². The SMILES string of the molecule is CCN(CC)[C@H]1CCc2c(C)c(F)cc3nc4c(c1c23)Cn1c-4cc2c(c1=O)COC(=O)[C@]2(COC(=O)[C@@H](NC(=O)[C@@H]1CCCN1C(=O)[C@H](CC(=O)O)NC(=O)CCOCCOCCOCCNC(=O)CCCC(=O)NC)C(C)C)NC. The minimum atomic E-state index is -1.89. The largest absolute Gasteiger partial charge is 0.481 e. The zero-order chi connectivity index (χ0) is 59.4. The van der Waals surface area contributed by atoms with Crippen molar-refractivity contribution in [2.45, 2.75) is 135 Å². The fourth-order valence-corrected chi connectivity index (χ4v) is 11.4. The van der Waals surface area contributed by atoms with Gasteiger partial charge in [0.15, 0.2) is 5.54 Å². The molecule has 448 valence electrons. The van der Waals surface area contributed by atoms with Crippen molar-refractivity contribution in [1.29, 1.82) is 0 Å². The number of amides is 5. The summed E-state index contributed by atoms with van der Waals surface area (Å²) in [5.74, 6) is -6.57. The third-order valence-corrected chi connectivity index (χ3v) is 15.9. The number of fused-ring (bicyclic) bond motifs is 5. The highest BCUT2D eigenvalue weighted by Gasteiger charge is 2.50. The Morgan fingerprint density at radius 1 is 0.890 bits per heavy atom. The number of halogens is 1. The molecule has 3 aromatic rings. The van der Waals surface area contributed by atoms with Crippen molar-refractivity contribution in [3.8, 4) is 11.4 Å². The molecule has 0 radical (unpaired) electrons. The minimum absolute atomic E-state index is 0.0169. The van der Waals surface area contributed by atoms with E-state index in [2.05, 4.69) is 45.3 Å². The maximum atomic E-state index is 15.6. The third kappa shape index (κ3) is 13.9. The first kappa shape index (κ1) is 62.7. The Kier molecular flexibility index (Phi) is 21.7. The zero-order valence-corrected chi connectivity index (χ0v) is 47.9. The lowest BCUT2D eigenvalue weighted by Crippen LogP contribution is -2.58. The topological polar surface area (TPSA) is 304 Å². The molecule has 0 bridgehead atoms. The van der Waals surface area contributed by atoms with Crippen molar-refractivity contribution >= 4 is 58.3 Å². The number of nitrogens with one attached hydrogen (secondary N) is 5. The van der Waals surface area contributed by atoms with Crippen LogP contribution < -0.4 is 32.1 Å². The third-order valence-electron chi connectivity index (χ3n) is 15.9. The molecule has 6 N–H and O–H groups in total. The molecule has 1 fully saturated rings. The number of cyclic esters (lactones) is 1. The highest BCUT2D eigenvalue weighted by Crippen LogP contribution is 2.47. The Bertz CT molecular complexity index is 2970. The number of aromatic nitrogens is 2. The number of hydrogen-bond donors (Lipinski definition) is 6. The van der Waals surface area contributed by atoms with Crippen LogP contribution in [0.5, 0.6) is 0 Å². The van der Waals surface area contributed by atoms with E-state index in [1.165, 1.54) is 25.1 Å². The molecule has 82 heavy (non-hydrogen) atoms. The Balaban J connectivity index is 0.948. The summed E-state index contributed by atoms with van der Waals surface area (Å²) in [6, 6.07) is -0.862. The lowest BCUT2D eigenvalue weighted by atomic mass is 9.81. The van der Waals surface area contributed by atoms with Crippen molar-refractivity contribution < 1.29 is 71.5 Å². The second-order valence-electron chi connectivity index (χ2n) is 21.2. The Labute approximate surface area is 475 Å². The molecule has 3 aliphatic heterocycles. The van der Waals surface area contributed by atoms with Crippen LogP contribution in [0.2, 0.25) is 0 Å². The van der Waals surface area contributed by atoms with Gasteiger partial charge in [-0.1, -0.05) is 27.7 Å². The van der Waals surface area contributed by atoms with Crippen LogP contribution in [0.4, 0.5) is 4.39 Å². The molecule has 1 saturated heterocycles. The number of rotatable bonds is 30. The zero-order valence-electron chi connectivity index (χ0n) is 47.9. The van der Waals surface area contributed by atoms with Crippen molar-refractivity contribution in [2.24, 2.45) is 5.92 Å². The standard InChI is InChI=1S/C57H78FN9O15/c1-8-65(9-2)41-16-15-34-33(5)38(58)27-39-48(34)49(41)35-29-67-43(51(35)63-39)26-37-36(53(67)74)30-81-56(77)57(37,60-7)31-82-55(76)50(32(3)4)64-52(73)42-12-11-19-66(42)54(75)40(28-47(71)72)62-46(70)17-20-78-22-24-80-25-23-79-21-18-61-45(69)14-10-13-44(68)59-6/h26-27,32,40-42,50,60H,8-25,28-31H2,1-7H3,(H,59,68)(H,61,69)(H,62,70)(H,64,73)(H,71,72)/t40-,41-,42-,50-,57+/m0/s1. The fraction of sp³-hybridized carbons (Fsp3) is 0.614. The van der Waals surface area contributed by atoms with Crippen LogP contribution in [0.25, 0.3) is 22.3 Å². The molecule has 24 nitrogen and oxygen atoms in total. The van der Waals surface area contributed by atoms with Gasteiger partial charge in [0.1, 0.15) is 37.2 Å². The smallest absolute Gasteiger partial charge is 0.334 e. The first-order chi connectivity index (χ1) is 39.3. The van der Waals surface area contributed by atoms with Crippen LogP contribution in [0, 0.1) is 18.7 Å². The lowest BCUT2D eigenvalue weighted by molar-refractivity contribution is -0.164. The van der Waals surface area contributed by atoms with Crippen LogP contribution in [0.1, 0.15) is 118 Å². The predicted molar refractivity (Wildman–Crippen MR) is 294 cm³/mol. The van der Waals surface area contributed by atoms with Gasteiger partial charge in [0.25, 0.3) is 5.56 Å². The second-order valence-corrected chi connectivity index (χ2v) is 21.2. The van der Waals surface area contributed by atoms with Gasteiger partial charge in [-0.2, -0.15) is 0 Å². The van der Waals surface area contributed by atoms with Gasteiger partial charge in [-0.05, 0) is 87.8 Å². The summed E-state index contributed by atoms with van der Waals surface area (Å²) in [7, 11) is 3.01. The summed E-state index contributed by atoms with van der Waals surface area (Å²) in [6.45, 7) is 11.4. The van der Waals surface area contributed by atoms with Crippen LogP contribution >= 0.6 is 0 Å². The molecule has 4 aliphatic rings. The molecule has 5 atom stereocenters. The molecular weight excluding hydrogens is 1070 g/mol. The van der Waals surface area contributed by atoms with Gasteiger partial charge < -0.3 is 59.5 Å². The van der Waals surface area contributed by atoms with Gasteiger partial charge in [-0.25, -0.2) is 19.0 Å². The van der Waals surface area contributed by atoms with E-state index in [0.717, 1.165) is 41.6 Å². The van der Waals surface area contributed by atoms with E-state index >= 15 is 4.39 Å². The number of hydrogen-bond acceptors (Lipinski definition) is 17. The number of carboxylic acids is 1. The van der Waals surface area contributed by atoms with E-state index in [1.54, 1.807) is 31.4 Å². The van der Waals surface area contributed by atoms with Gasteiger partial charge in [-0.3, -0.25) is 43.8 Å². The number of likely N-dealkylation sites (tertiary alicyclic amines) is 1. The fourth-order valence-electron chi connectivity index (χ4n) is 11.4. The van der Waals surface area contributed by atoms with Crippen LogP contribution in [0.15, 0.2) is 16.9 Å². The molecular formula is C57H78FN9O15. The number of pyridine rings is 2. The molecule has 1 aliphatic carbocycles. The summed E-state index contributed by atoms with van der Waals surface area (Å²) in [5, 5.41) is 24.0. The van der Waals surface area contributed by atoms with Crippen LogP contribution in [0.3, 0.4) is 0 Å². The van der Waals surface area contributed by atoms with E-state index in [0.29, 0.717) is 48.3 Å². The van der Waals surface area contributed by atoms with Crippen molar-refractivity contribution in [3.63, 3.8) is 0 Å². The minimum Gasteiger partial charge on any atom is -0.481 e. The van der Waals surface area contributed by atoms with Gasteiger partial charge in [0, 0.05) is 68.0 Å². The number of carbonyl (C=O) groups is 8.